The Labute approximate surface area is 121 Å². The first-order valence-electron chi connectivity index (χ1n) is 6.90. The number of carbonyl (C=O) groups excluding carboxylic acids is 1. The van der Waals surface area contributed by atoms with Gasteiger partial charge in [-0.1, -0.05) is 0 Å². The van der Waals surface area contributed by atoms with Gasteiger partial charge in [-0.25, -0.2) is 4.79 Å². The minimum absolute atomic E-state index is 0.0966. The Kier molecular flexibility index (Phi) is 2.73. The Morgan fingerprint density at radius 2 is 2.14 bits per heavy atom. The molecule has 0 saturated carbocycles. The number of hydrogen-bond acceptors (Lipinski definition) is 3. The Balaban J connectivity index is 1.47. The number of fused-ring (bicyclic) bond motifs is 2. The summed E-state index contributed by atoms with van der Waals surface area (Å²) in [6.45, 7) is 1.58. The van der Waals surface area contributed by atoms with Crippen molar-refractivity contribution in [1.82, 2.24) is 9.88 Å². The lowest BCUT2D eigenvalue weighted by Gasteiger charge is -2.27. The van der Waals surface area contributed by atoms with Crippen molar-refractivity contribution < 1.29 is 14.3 Å². The summed E-state index contributed by atoms with van der Waals surface area (Å²) < 4.78 is 10.6. The van der Waals surface area contributed by atoms with E-state index in [0.717, 1.165) is 6.42 Å². The Morgan fingerprint density at radius 1 is 1.24 bits per heavy atom. The summed E-state index contributed by atoms with van der Waals surface area (Å²) in [6.07, 6.45) is 2.78. The smallest absolute Gasteiger partial charge is 0.322 e. The summed E-state index contributed by atoms with van der Waals surface area (Å²) in [5, 5.41) is 2.91. The van der Waals surface area contributed by atoms with Gasteiger partial charge >= 0.3 is 6.03 Å². The number of ether oxygens (including phenoxy) is 2. The molecule has 0 radical (unpaired) electrons. The highest BCUT2D eigenvalue weighted by Gasteiger charge is 2.22. The molecule has 4 rings (SSSR count). The molecule has 2 N–H and O–H groups in total. The highest BCUT2D eigenvalue weighted by atomic mass is 16.7. The van der Waals surface area contributed by atoms with Gasteiger partial charge in [0.2, 0.25) is 6.79 Å². The van der Waals surface area contributed by atoms with Crippen LogP contribution in [0.25, 0.3) is 0 Å². The molecule has 2 amide bonds. The van der Waals surface area contributed by atoms with Gasteiger partial charge in [-0.15, -0.1) is 0 Å². The van der Waals surface area contributed by atoms with Gasteiger partial charge < -0.3 is 24.7 Å². The number of nitrogens with one attached hydrogen (secondary N) is 2. The summed E-state index contributed by atoms with van der Waals surface area (Å²) in [6, 6.07) is 7.33. The Bertz CT molecular complexity index is 695. The molecule has 3 heterocycles. The van der Waals surface area contributed by atoms with Crippen molar-refractivity contribution in [2.75, 3.05) is 18.7 Å². The average molecular weight is 285 g/mol. The lowest BCUT2D eigenvalue weighted by Crippen LogP contribution is -2.38. The van der Waals surface area contributed by atoms with E-state index in [1.54, 1.807) is 17.0 Å². The molecule has 0 atom stereocenters. The normalized spacial score (nSPS) is 15.7. The Hall–Kier alpha value is -2.63. The van der Waals surface area contributed by atoms with Gasteiger partial charge in [-0.05, 0) is 23.8 Å². The monoisotopic (exact) mass is 285 g/mol. The zero-order chi connectivity index (χ0) is 14.2. The quantitative estimate of drug-likeness (QED) is 0.845. The molecule has 21 heavy (non-hydrogen) atoms. The van der Waals surface area contributed by atoms with Crippen LogP contribution in [0.5, 0.6) is 11.5 Å². The molecule has 0 fully saturated rings. The zero-order valence-electron chi connectivity index (χ0n) is 11.4. The van der Waals surface area contributed by atoms with Crippen molar-refractivity contribution in [2.24, 2.45) is 0 Å². The van der Waals surface area contributed by atoms with E-state index < -0.39 is 0 Å². The summed E-state index contributed by atoms with van der Waals surface area (Å²) in [5.74, 6) is 1.38. The third kappa shape index (κ3) is 2.18. The lowest BCUT2D eigenvalue weighted by atomic mass is 10.1. The number of rotatable bonds is 1. The first kappa shape index (κ1) is 12.1. The van der Waals surface area contributed by atoms with Gasteiger partial charge in [-0.3, -0.25) is 0 Å². The summed E-state index contributed by atoms with van der Waals surface area (Å²) in [7, 11) is 0. The van der Waals surface area contributed by atoms with Gasteiger partial charge in [0.05, 0.1) is 0 Å². The van der Waals surface area contributed by atoms with Gasteiger partial charge in [0, 0.05) is 43.2 Å². The van der Waals surface area contributed by atoms with E-state index in [1.165, 1.54) is 11.3 Å². The summed E-state index contributed by atoms with van der Waals surface area (Å²) >= 11 is 0. The van der Waals surface area contributed by atoms with Crippen LogP contribution in [0, 0.1) is 0 Å². The maximum Gasteiger partial charge on any atom is 0.322 e. The highest BCUT2D eigenvalue weighted by Crippen LogP contribution is 2.34. The van der Waals surface area contributed by atoms with E-state index in [9.17, 15) is 4.79 Å². The number of aromatic amines is 1. The van der Waals surface area contributed by atoms with Crippen molar-refractivity contribution in [3.05, 3.63) is 41.7 Å². The van der Waals surface area contributed by atoms with E-state index in [0.29, 0.717) is 30.3 Å². The fourth-order valence-corrected chi connectivity index (χ4v) is 2.70. The molecule has 0 spiro atoms. The van der Waals surface area contributed by atoms with E-state index in [4.69, 9.17) is 9.47 Å². The highest BCUT2D eigenvalue weighted by molar-refractivity contribution is 5.90. The number of hydrogen-bond donors (Lipinski definition) is 2. The minimum atomic E-state index is -0.0966. The van der Waals surface area contributed by atoms with Gasteiger partial charge in [0.15, 0.2) is 11.5 Å². The van der Waals surface area contributed by atoms with Crippen molar-refractivity contribution in [3.63, 3.8) is 0 Å². The molecule has 2 aliphatic heterocycles. The van der Waals surface area contributed by atoms with Crippen LogP contribution in [-0.4, -0.2) is 29.3 Å². The summed E-state index contributed by atoms with van der Waals surface area (Å²) in [4.78, 5) is 17.3. The molecule has 6 nitrogen and oxygen atoms in total. The molecule has 0 saturated heterocycles. The molecular weight excluding hydrogens is 270 g/mol. The van der Waals surface area contributed by atoms with Crippen LogP contribution in [0.4, 0.5) is 10.5 Å². The average Bonchev–Trinajstić information content (AvgIpc) is 3.14. The van der Waals surface area contributed by atoms with E-state index >= 15 is 0 Å². The first-order chi connectivity index (χ1) is 10.3. The van der Waals surface area contributed by atoms with Crippen LogP contribution in [0.3, 0.4) is 0 Å². The maximum absolute atomic E-state index is 12.3. The van der Waals surface area contributed by atoms with Crippen molar-refractivity contribution in [3.8, 4) is 11.5 Å². The molecule has 1 aromatic heterocycles. The fraction of sp³-hybridized carbons (Fsp3) is 0.267. The molecule has 6 heteroatoms. The maximum atomic E-state index is 12.3. The van der Waals surface area contributed by atoms with Crippen molar-refractivity contribution >= 4 is 11.7 Å². The first-order valence-corrected chi connectivity index (χ1v) is 6.90. The number of urea groups is 1. The fourth-order valence-electron chi connectivity index (χ4n) is 2.70. The van der Waals surface area contributed by atoms with Gasteiger partial charge in [-0.2, -0.15) is 0 Å². The minimum Gasteiger partial charge on any atom is -0.454 e. The molecule has 1 aromatic carbocycles. The van der Waals surface area contributed by atoms with Crippen LogP contribution in [0.1, 0.15) is 11.3 Å². The van der Waals surface area contributed by atoms with Crippen molar-refractivity contribution in [1.29, 1.82) is 0 Å². The molecule has 108 valence electrons. The van der Waals surface area contributed by atoms with E-state index in [1.807, 2.05) is 18.3 Å². The predicted molar refractivity (Wildman–Crippen MR) is 76.5 cm³/mol. The SMILES string of the molecule is O=C(Nc1ccc2c(c1)OCO2)N1CCc2[nH]ccc2C1. The van der Waals surface area contributed by atoms with Gasteiger partial charge in [0.1, 0.15) is 0 Å². The number of benzene rings is 1. The van der Waals surface area contributed by atoms with Crippen LogP contribution < -0.4 is 14.8 Å². The molecule has 0 aliphatic carbocycles. The van der Waals surface area contributed by atoms with Gasteiger partial charge in [0.25, 0.3) is 0 Å². The number of amides is 2. The molecular formula is C15H15N3O3. The van der Waals surface area contributed by atoms with Crippen LogP contribution in [-0.2, 0) is 13.0 Å². The second-order valence-corrected chi connectivity index (χ2v) is 5.15. The predicted octanol–water partition coefficient (Wildman–Crippen LogP) is 2.33. The molecule has 2 aliphatic rings. The third-order valence-corrected chi connectivity index (χ3v) is 3.83. The number of nitrogens with zero attached hydrogens (tertiary/aromatic N) is 1. The number of carbonyl (C=O) groups is 1. The number of H-pyrrole nitrogens is 1. The topological polar surface area (TPSA) is 66.6 Å². The largest absolute Gasteiger partial charge is 0.454 e. The van der Waals surface area contributed by atoms with E-state index in [-0.39, 0.29) is 12.8 Å². The number of anilines is 1. The Morgan fingerprint density at radius 3 is 3.10 bits per heavy atom. The summed E-state index contributed by atoms with van der Waals surface area (Å²) in [5.41, 5.74) is 3.12. The van der Waals surface area contributed by atoms with Crippen LogP contribution in [0.2, 0.25) is 0 Å². The third-order valence-electron chi connectivity index (χ3n) is 3.83. The zero-order valence-corrected chi connectivity index (χ0v) is 11.4. The second kappa shape index (κ2) is 4.73. The second-order valence-electron chi connectivity index (χ2n) is 5.15. The molecule has 0 bridgehead atoms. The van der Waals surface area contributed by atoms with Crippen LogP contribution in [0.15, 0.2) is 30.5 Å². The molecule has 0 unspecified atom stereocenters. The van der Waals surface area contributed by atoms with Crippen LogP contribution >= 0.6 is 0 Å². The van der Waals surface area contributed by atoms with E-state index in [2.05, 4.69) is 10.3 Å². The lowest BCUT2D eigenvalue weighted by molar-refractivity contribution is 0.174. The molecule has 2 aromatic rings. The standard InChI is InChI=1S/C15H15N3O3/c19-15(18-6-4-12-10(8-18)3-5-16-12)17-11-1-2-13-14(7-11)21-9-20-13/h1-3,5,7,16H,4,6,8-9H2,(H,17,19). The van der Waals surface area contributed by atoms with Crippen molar-refractivity contribution in [2.45, 2.75) is 13.0 Å². The number of aromatic nitrogens is 1.